The van der Waals surface area contributed by atoms with Crippen LogP contribution in [0.5, 0.6) is 0 Å². The highest BCUT2D eigenvalue weighted by Gasteiger charge is 2.34. The number of nitro groups is 1. The van der Waals surface area contributed by atoms with Gasteiger partial charge in [-0.05, 0) is 44.0 Å². The van der Waals surface area contributed by atoms with Crippen molar-refractivity contribution in [2.75, 3.05) is 11.9 Å². The molecule has 0 spiro atoms. The Kier molecular flexibility index (Phi) is 5.19. The first-order chi connectivity index (χ1) is 15.3. The molecule has 0 saturated heterocycles. The Morgan fingerprint density at radius 2 is 2.09 bits per heavy atom. The van der Waals surface area contributed by atoms with Crippen LogP contribution in [0.15, 0.2) is 34.7 Å². The molecule has 0 bridgehead atoms. The van der Waals surface area contributed by atoms with Crippen molar-refractivity contribution in [3.63, 3.8) is 0 Å². The van der Waals surface area contributed by atoms with Crippen molar-refractivity contribution in [1.29, 1.82) is 0 Å². The van der Waals surface area contributed by atoms with Crippen molar-refractivity contribution in [3.05, 3.63) is 67.2 Å². The van der Waals surface area contributed by atoms with Gasteiger partial charge in [-0.15, -0.1) is 11.3 Å². The summed E-state index contributed by atoms with van der Waals surface area (Å²) in [4.78, 5) is 27.2. The van der Waals surface area contributed by atoms with Gasteiger partial charge in [0.1, 0.15) is 16.5 Å². The molecule has 2 aliphatic rings. The summed E-state index contributed by atoms with van der Waals surface area (Å²) in [6, 6.07) is 8.09. The number of fused-ring (bicyclic) bond motifs is 3. The highest BCUT2D eigenvalue weighted by molar-refractivity contribution is 7.16. The number of thiophene rings is 1. The third kappa shape index (κ3) is 3.56. The molecule has 1 aromatic carbocycles. The Morgan fingerprint density at radius 3 is 2.84 bits per heavy atom. The van der Waals surface area contributed by atoms with Gasteiger partial charge in [-0.3, -0.25) is 19.8 Å². The number of benzene rings is 1. The monoisotopic (exact) mass is 472 g/mol. The SMILES string of the molecule is CC(C)N1CCc2c(sc3c2C(=O)N[C@H](c2ccc(-c4cc([N+](=O)[O-])ccc4Cl)o2)N3)C1. The van der Waals surface area contributed by atoms with Gasteiger partial charge in [0.15, 0.2) is 6.17 Å². The van der Waals surface area contributed by atoms with E-state index in [1.165, 1.54) is 23.1 Å². The average molecular weight is 473 g/mol. The molecule has 32 heavy (non-hydrogen) atoms. The minimum Gasteiger partial charge on any atom is -0.457 e. The third-order valence-corrected chi connectivity index (χ3v) is 7.41. The van der Waals surface area contributed by atoms with Crippen molar-refractivity contribution < 1.29 is 14.1 Å². The Hall–Kier alpha value is -2.88. The molecular formula is C22H21ClN4O4S. The lowest BCUT2D eigenvalue weighted by Crippen LogP contribution is -2.39. The van der Waals surface area contributed by atoms with Gasteiger partial charge in [0, 0.05) is 41.7 Å². The van der Waals surface area contributed by atoms with Gasteiger partial charge in [-0.25, -0.2) is 0 Å². The van der Waals surface area contributed by atoms with Crippen molar-refractivity contribution in [2.45, 2.75) is 39.0 Å². The molecule has 10 heteroatoms. The Morgan fingerprint density at radius 1 is 1.28 bits per heavy atom. The quantitative estimate of drug-likeness (QED) is 0.400. The van der Waals surface area contributed by atoms with E-state index in [0.29, 0.717) is 28.1 Å². The second-order valence-corrected chi connectivity index (χ2v) is 9.71. The van der Waals surface area contributed by atoms with Crippen LogP contribution in [-0.2, 0) is 13.0 Å². The molecule has 2 aliphatic heterocycles. The first-order valence-electron chi connectivity index (χ1n) is 10.3. The molecule has 0 aliphatic carbocycles. The van der Waals surface area contributed by atoms with Crippen LogP contribution in [0.1, 0.15) is 46.6 Å². The van der Waals surface area contributed by atoms with Crippen molar-refractivity contribution >= 4 is 39.5 Å². The highest BCUT2D eigenvalue weighted by atomic mass is 35.5. The highest BCUT2D eigenvalue weighted by Crippen LogP contribution is 2.42. The minimum atomic E-state index is -0.539. The molecule has 2 N–H and O–H groups in total. The summed E-state index contributed by atoms with van der Waals surface area (Å²) >= 11 is 7.86. The van der Waals surface area contributed by atoms with E-state index in [1.807, 2.05) is 0 Å². The fourth-order valence-corrected chi connectivity index (χ4v) is 5.70. The van der Waals surface area contributed by atoms with Crippen LogP contribution in [0.25, 0.3) is 11.3 Å². The smallest absolute Gasteiger partial charge is 0.270 e. The van der Waals surface area contributed by atoms with Gasteiger partial charge in [0.25, 0.3) is 11.6 Å². The molecule has 166 valence electrons. The van der Waals surface area contributed by atoms with E-state index >= 15 is 0 Å². The molecule has 5 rings (SSSR count). The zero-order valence-electron chi connectivity index (χ0n) is 17.5. The number of amides is 1. The van der Waals surface area contributed by atoms with E-state index < -0.39 is 11.1 Å². The van der Waals surface area contributed by atoms with E-state index in [-0.39, 0.29) is 11.6 Å². The molecule has 0 fully saturated rings. The van der Waals surface area contributed by atoms with Crippen molar-refractivity contribution in [3.8, 4) is 11.3 Å². The third-order valence-electron chi connectivity index (χ3n) is 5.93. The van der Waals surface area contributed by atoms with Gasteiger partial charge < -0.3 is 15.1 Å². The van der Waals surface area contributed by atoms with Gasteiger partial charge in [0.2, 0.25) is 0 Å². The van der Waals surface area contributed by atoms with E-state index in [1.54, 1.807) is 23.5 Å². The summed E-state index contributed by atoms with van der Waals surface area (Å²) in [5.41, 5.74) is 2.22. The zero-order chi connectivity index (χ0) is 22.6. The van der Waals surface area contributed by atoms with Crippen molar-refractivity contribution in [2.24, 2.45) is 0 Å². The Labute approximate surface area is 193 Å². The van der Waals surface area contributed by atoms with E-state index in [9.17, 15) is 14.9 Å². The first kappa shape index (κ1) is 21.0. The largest absolute Gasteiger partial charge is 0.457 e. The minimum absolute atomic E-state index is 0.0734. The molecule has 0 radical (unpaired) electrons. The molecular weight excluding hydrogens is 452 g/mol. The predicted molar refractivity (Wildman–Crippen MR) is 123 cm³/mol. The van der Waals surface area contributed by atoms with E-state index in [4.69, 9.17) is 16.0 Å². The number of furan rings is 1. The number of carbonyl (C=O) groups excluding carboxylic acids is 1. The molecule has 2 aromatic heterocycles. The van der Waals surface area contributed by atoms with Gasteiger partial charge in [0.05, 0.1) is 15.5 Å². The molecule has 0 saturated carbocycles. The summed E-state index contributed by atoms with van der Waals surface area (Å²) in [5, 5.41) is 18.7. The first-order valence-corrected chi connectivity index (χ1v) is 11.5. The number of anilines is 1. The average Bonchev–Trinajstić information content (AvgIpc) is 3.38. The van der Waals surface area contributed by atoms with Crippen LogP contribution in [0, 0.1) is 10.1 Å². The fraction of sp³-hybridized carbons (Fsp3) is 0.318. The number of nitrogens with zero attached hydrogens (tertiary/aromatic N) is 2. The number of rotatable bonds is 4. The number of carbonyl (C=O) groups is 1. The zero-order valence-corrected chi connectivity index (χ0v) is 19.0. The molecule has 0 unspecified atom stereocenters. The summed E-state index contributed by atoms with van der Waals surface area (Å²) in [6.45, 7) is 6.15. The van der Waals surface area contributed by atoms with Gasteiger partial charge >= 0.3 is 0 Å². The maximum atomic E-state index is 13.0. The maximum absolute atomic E-state index is 13.0. The number of non-ortho nitro benzene ring substituents is 1. The van der Waals surface area contributed by atoms with Gasteiger partial charge in [-0.1, -0.05) is 11.6 Å². The van der Waals surface area contributed by atoms with Crippen LogP contribution >= 0.6 is 22.9 Å². The van der Waals surface area contributed by atoms with Crippen molar-refractivity contribution in [1.82, 2.24) is 10.2 Å². The second kappa shape index (κ2) is 7.91. The van der Waals surface area contributed by atoms with E-state index in [2.05, 4.69) is 29.4 Å². The molecule has 3 aromatic rings. The maximum Gasteiger partial charge on any atom is 0.270 e. The molecule has 1 amide bonds. The number of hydrogen-bond donors (Lipinski definition) is 2. The number of nitrogens with one attached hydrogen (secondary N) is 2. The number of nitro benzene ring substituents is 1. The lowest BCUT2D eigenvalue weighted by molar-refractivity contribution is -0.384. The van der Waals surface area contributed by atoms with Crippen LogP contribution in [0.3, 0.4) is 0 Å². The summed E-state index contributed by atoms with van der Waals surface area (Å²) in [6.07, 6.45) is 0.317. The van der Waals surface area contributed by atoms with Crippen LogP contribution in [0.4, 0.5) is 10.7 Å². The van der Waals surface area contributed by atoms with Gasteiger partial charge in [-0.2, -0.15) is 0 Å². The molecule has 1 atom stereocenters. The van der Waals surface area contributed by atoms with Crippen LogP contribution < -0.4 is 10.6 Å². The van der Waals surface area contributed by atoms with Crippen LogP contribution in [-0.4, -0.2) is 28.3 Å². The predicted octanol–water partition coefficient (Wildman–Crippen LogP) is 5.19. The Bertz CT molecular complexity index is 1230. The topological polar surface area (TPSA) is 101 Å². The molecule has 4 heterocycles. The lowest BCUT2D eigenvalue weighted by atomic mass is 10.0. The summed E-state index contributed by atoms with van der Waals surface area (Å²) in [7, 11) is 0. The van der Waals surface area contributed by atoms with E-state index in [0.717, 1.165) is 35.6 Å². The number of hydrogen-bond acceptors (Lipinski definition) is 7. The fourth-order valence-electron chi connectivity index (χ4n) is 4.19. The summed E-state index contributed by atoms with van der Waals surface area (Å²) in [5.74, 6) is 0.774. The summed E-state index contributed by atoms with van der Waals surface area (Å²) < 4.78 is 5.95. The molecule has 8 nitrogen and oxygen atoms in total. The Balaban J connectivity index is 1.43. The lowest BCUT2D eigenvalue weighted by Gasteiger charge is -2.30. The number of halogens is 1. The second-order valence-electron chi connectivity index (χ2n) is 8.20. The standard InChI is InChI=1S/C22H21ClN4O4S/c1-11(2)26-8-7-13-18(10-26)32-22-19(13)21(28)24-20(25-22)17-6-5-16(31-17)14-9-12(27(29)30)3-4-15(14)23/h3-6,9,11,20,25H,7-8,10H2,1-2H3,(H,24,28)/t20-/m0/s1. The van der Waals surface area contributed by atoms with Crippen LogP contribution in [0.2, 0.25) is 5.02 Å². The normalized spacial score (nSPS) is 18.1.